The topological polar surface area (TPSA) is 86.2 Å². The smallest absolute Gasteiger partial charge is 0.294 e. The molecule has 9 heteroatoms. The highest BCUT2D eigenvalue weighted by molar-refractivity contribution is 5.90. The van der Waals surface area contributed by atoms with E-state index in [0.717, 1.165) is 10.3 Å². The van der Waals surface area contributed by atoms with Gasteiger partial charge in [0.1, 0.15) is 5.82 Å². The van der Waals surface area contributed by atoms with E-state index in [4.69, 9.17) is 0 Å². The average molecular weight is 356 g/mol. The molecule has 1 aliphatic rings. The maximum Gasteiger partial charge on any atom is 0.332 e. The second-order valence-electron chi connectivity index (χ2n) is 6.38. The summed E-state index contributed by atoms with van der Waals surface area (Å²) in [5.74, 6) is 0.0497. The molecular weight excluding hydrogens is 339 g/mol. The molecule has 4 rings (SSSR count). The van der Waals surface area contributed by atoms with Gasteiger partial charge in [0.15, 0.2) is 11.2 Å². The fourth-order valence-electron chi connectivity index (χ4n) is 3.13. The van der Waals surface area contributed by atoms with E-state index < -0.39 is 11.2 Å². The summed E-state index contributed by atoms with van der Waals surface area (Å²) in [5.41, 5.74) is 3.99. The van der Waals surface area contributed by atoms with E-state index >= 15 is 0 Å². The molecule has 0 spiro atoms. The van der Waals surface area contributed by atoms with Gasteiger partial charge >= 0.3 is 5.69 Å². The van der Waals surface area contributed by atoms with Crippen molar-refractivity contribution in [2.24, 2.45) is 12.1 Å². The Labute approximate surface area is 147 Å². The number of nitrogens with zero attached hydrogens (tertiary/aromatic N) is 5. The zero-order chi connectivity index (χ0) is 18.6. The molecule has 0 unspecified atom stereocenters. The summed E-state index contributed by atoms with van der Waals surface area (Å²) >= 11 is 0. The van der Waals surface area contributed by atoms with Gasteiger partial charge in [-0.1, -0.05) is 12.1 Å². The third kappa shape index (κ3) is 2.27. The number of hydrogen-bond donors (Lipinski definition) is 1. The van der Waals surface area contributed by atoms with Crippen LogP contribution in [0.25, 0.3) is 11.2 Å². The minimum Gasteiger partial charge on any atom is -0.294 e. The lowest BCUT2D eigenvalue weighted by Gasteiger charge is -2.21. The molecule has 3 aromatic rings. The van der Waals surface area contributed by atoms with Crippen molar-refractivity contribution in [1.29, 1.82) is 0 Å². The Morgan fingerprint density at radius 3 is 2.62 bits per heavy atom. The standard InChI is InChI=1S/C17H17FN6O2/c1-9-10(2)24-13-14(19-16(24)21-20-9)22(3)17(26)23(15(13)25)8-11-4-6-12(18)7-5-11/h4-7,10H,8H2,1-3H3,(H,19,21)/t10-/m0/s1. The summed E-state index contributed by atoms with van der Waals surface area (Å²) in [7, 11) is 1.57. The van der Waals surface area contributed by atoms with Crippen LogP contribution in [0.2, 0.25) is 0 Å². The Kier molecular flexibility index (Phi) is 3.53. The molecule has 1 atom stereocenters. The Morgan fingerprint density at radius 1 is 1.23 bits per heavy atom. The fourth-order valence-corrected chi connectivity index (χ4v) is 3.13. The van der Waals surface area contributed by atoms with Gasteiger partial charge < -0.3 is 0 Å². The zero-order valence-corrected chi connectivity index (χ0v) is 14.5. The fraction of sp³-hybridized carbons (Fsp3) is 0.294. The summed E-state index contributed by atoms with van der Waals surface area (Å²) in [5, 5.41) is 4.18. The van der Waals surface area contributed by atoms with Crippen LogP contribution in [0.1, 0.15) is 25.5 Å². The number of hydrogen-bond acceptors (Lipinski definition) is 5. The van der Waals surface area contributed by atoms with Gasteiger partial charge in [0.2, 0.25) is 5.95 Å². The first-order valence-corrected chi connectivity index (χ1v) is 8.15. The summed E-state index contributed by atoms with van der Waals surface area (Å²) in [6.45, 7) is 3.82. The van der Waals surface area contributed by atoms with Crippen LogP contribution in [0.4, 0.5) is 10.3 Å². The van der Waals surface area contributed by atoms with Gasteiger partial charge in [-0.05, 0) is 31.5 Å². The quantitative estimate of drug-likeness (QED) is 0.753. The normalized spacial score (nSPS) is 16.3. The minimum absolute atomic E-state index is 0.0527. The van der Waals surface area contributed by atoms with Crippen molar-refractivity contribution in [2.75, 3.05) is 5.43 Å². The number of aryl methyl sites for hydroxylation is 1. The Hall–Kier alpha value is -3.23. The maximum absolute atomic E-state index is 13.1. The van der Waals surface area contributed by atoms with Crippen LogP contribution in [0.5, 0.6) is 0 Å². The molecule has 26 heavy (non-hydrogen) atoms. The number of nitrogens with one attached hydrogen (secondary N) is 1. The number of aromatic nitrogens is 4. The van der Waals surface area contributed by atoms with Gasteiger partial charge in [0.05, 0.1) is 18.3 Å². The largest absolute Gasteiger partial charge is 0.332 e. The van der Waals surface area contributed by atoms with Crippen molar-refractivity contribution in [3.05, 3.63) is 56.5 Å². The number of fused-ring (bicyclic) bond motifs is 3. The predicted octanol–water partition coefficient (Wildman–Crippen LogP) is 1.45. The number of rotatable bonds is 2. The lowest BCUT2D eigenvalue weighted by atomic mass is 10.2. The molecule has 0 saturated carbocycles. The van der Waals surface area contributed by atoms with Crippen LogP contribution in [-0.4, -0.2) is 24.4 Å². The lowest BCUT2D eigenvalue weighted by Crippen LogP contribution is -2.40. The van der Waals surface area contributed by atoms with Gasteiger partial charge in [0.25, 0.3) is 5.56 Å². The molecule has 0 saturated heterocycles. The number of hydrazone groups is 1. The van der Waals surface area contributed by atoms with Crippen molar-refractivity contribution in [3.8, 4) is 0 Å². The molecule has 8 nitrogen and oxygen atoms in total. The van der Waals surface area contributed by atoms with Crippen LogP contribution in [-0.2, 0) is 13.6 Å². The van der Waals surface area contributed by atoms with Gasteiger partial charge in [-0.3, -0.25) is 18.5 Å². The summed E-state index contributed by atoms with van der Waals surface area (Å²) in [6, 6.07) is 5.54. The number of imidazole rings is 1. The zero-order valence-electron chi connectivity index (χ0n) is 14.5. The highest BCUT2D eigenvalue weighted by Crippen LogP contribution is 2.25. The van der Waals surface area contributed by atoms with Crippen molar-refractivity contribution < 1.29 is 4.39 Å². The van der Waals surface area contributed by atoms with Crippen LogP contribution >= 0.6 is 0 Å². The molecule has 0 amide bonds. The highest BCUT2D eigenvalue weighted by Gasteiger charge is 2.26. The average Bonchev–Trinajstić information content (AvgIpc) is 3.02. The first-order valence-electron chi connectivity index (χ1n) is 8.15. The molecule has 0 fully saturated rings. The molecule has 0 bridgehead atoms. The number of benzene rings is 1. The van der Waals surface area contributed by atoms with Crippen molar-refractivity contribution in [3.63, 3.8) is 0 Å². The summed E-state index contributed by atoms with van der Waals surface area (Å²) < 4.78 is 17.3. The lowest BCUT2D eigenvalue weighted by molar-refractivity contribution is 0.622. The van der Waals surface area contributed by atoms with Crippen LogP contribution in [0.3, 0.4) is 0 Å². The summed E-state index contributed by atoms with van der Waals surface area (Å²) in [6.07, 6.45) is 0. The molecule has 1 N–H and O–H groups in total. The Morgan fingerprint density at radius 2 is 1.92 bits per heavy atom. The van der Waals surface area contributed by atoms with E-state index in [2.05, 4.69) is 15.5 Å². The second kappa shape index (κ2) is 5.65. The Bertz CT molecular complexity index is 1170. The maximum atomic E-state index is 13.1. The molecule has 1 aromatic carbocycles. The number of anilines is 1. The van der Waals surface area contributed by atoms with Gasteiger partial charge in [-0.15, -0.1) is 0 Å². The van der Waals surface area contributed by atoms with E-state index in [0.29, 0.717) is 22.7 Å². The first-order chi connectivity index (χ1) is 12.4. The van der Waals surface area contributed by atoms with Crippen molar-refractivity contribution in [1.82, 2.24) is 18.7 Å². The van der Waals surface area contributed by atoms with E-state index in [1.807, 2.05) is 13.8 Å². The van der Waals surface area contributed by atoms with Gasteiger partial charge in [-0.2, -0.15) is 10.1 Å². The Balaban J connectivity index is 1.97. The number of halogens is 1. The van der Waals surface area contributed by atoms with E-state index in [-0.39, 0.29) is 18.4 Å². The third-order valence-corrected chi connectivity index (χ3v) is 4.75. The third-order valence-electron chi connectivity index (χ3n) is 4.75. The molecular formula is C17H17FN6O2. The minimum atomic E-state index is -0.479. The van der Waals surface area contributed by atoms with Gasteiger partial charge in [0, 0.05) is 7.05 Å². The van der Waals surface area contributed by atoms with Crippen LogP contribution < -0.4 is 16.7 Å². The highest BCUT2D eigenvalue weighted by atomic mass is 19.1. The van der Waals surface area contributed by atoms with E-state index in [1.54, 1.807) is 23.7 Å². The van der Waals surface area contributed by atoms with Gasteiger partial charge in [-0.25, -0.2) is 14.6 Å². The molecule has 3 heterocycles. The monoisotopic (exact) mass is 356 g/mol. The van der Waals surface area contributed by atoms with Crippen molar-refractivity contribution >= 4 is 22.8 Å². The van der Waals surface area contributed by atoms with E-state index in [9.17, 15) is 14.0 Å². The summed E-state index contributed by atoms with van der Waals surface area (Å²) in [4.78, 5) is 30.2. The van der Waals surface area contributed by atoms with E-state index in [1.165, 1.54) is 16.7 Å². The molecule has 2 aromatic heterocycles. The predicted molar refractivity (Wildman–Crippen MR) is 96.2 cm³/mol. The molecule has 0 radical (unpaired) electrons. The molecule has 134 valence electrons. The van der Waals surface area contributed by atoms with Crippen LogP contribution in [0, 0.1) is 5.82 Å². The van der Waals surface area contributed by atoms with Crippen LogP contribution in [0.15, 0.2) is 39.0 Å². The van der Waals surface area contributed by atoms with Crippen molar-refractivity contribution in [2.45, 2.75) is 26.4 Å². The second-order valence-corrected chi connectivity index (χ2v) is 6.38. The SMILES string of the molecule is CC1=NNc2nc3c(c(=O)n(Cc4ccc(F)cc4)c(=O)n3C)n2[C@H]1C. The molecule has 0 aliphatic carbocycles. The first kappa shape index (κ1) is 16.2. The molecule has 1 aliphatic heterocycles.